The molecule has 2 saturated carbocycles. The maximum Gasteiger partial charge on any atom is 2.00 e. The zero-order valence-electron chi connectivity index (χ0n) is 13.2. The standard InChI is InChI=1S/C15H13N2.C5H5.Fe/c1-10-7-13-14(8-11(10)2)17-15(9-16-13)12-5-3-4-6-12;1-2-4-5-3-1;/h3-9H,1-2H3;1-5H;/q;;+2. The van der Waals surface area contributed by atoms with Gasteiger partial charge in [-0.25, -0.2) is 4.98 Å². The fraction of sp³-hybridized carbons (Fsp3) is 0.100. The van der Waals surface area contributed by atoms with E-state index in [2.05, 4.69) is 48.8 Å². The summed E-state index contributed by atoms with van der Waals surface area (Å²) in [6, 6.07) is 4.19. The van der Waals surface area contributed by atoms with E-state index in [9.17, 15) is 0 Å². The predicted octanol–water partition coefficient (Wildman–Crippen LogP) is 4.02. The number of fused-ring (bicyclic) bond motifs is 1. The second-order valence-corrected chi connectivity index (χ2v) is 5.32. The monoisotopic (exact) mass is 342 g/mol. The summed E-state index contributed by atoms with van der Waals surface area (Å²) < 4.78 is 0. The van der Waals surface area contributed by atoms with Crippen LogP contribution in [0, 0.1) is 77.6 Å². The van der Waals surface area contributed by atoms with E-state index in [0.717, 1.165) is 22.6 Å². The third-order valence-corrected chi connectivity index (χ3v) is 3.67. The molecule has 1 aromatic heterocycles. The van der Waals surface area contributed by atoms with Gasteiger partial charge in [-0.15, -0.1) is 0 Å². The van der Waals surface area contributed by atoms with Gasteiger partial charge < -0.3 is 0 Å². The molecule has 0 atom stereocenters. The van der Waals surface area contributed by atoms with E-state index in [1.54, 1.807) is 0 Å². The fourth-order valence-electron chi connectivity index (χ4n) is 2.27. The number of aryl methyl sites for hydroxylation is 2. The molecule has 2 aromatic rings. The van der Waals surface area contributed by atoms with Crippen LogP contribution in [0.4, 0.5) is 0 Å². The molecule has 3 heteroatoms. The molecule has 1 aromatic carbocycles. The SMILES string of the molecule is Cc1cc2ncc([C]3[CH][CH][CH][CH]3)nc2cc1C.[CH]1[CH][CH][CH][CH]1.[Fe+2]. The van der Waals surface area contributed by atoms with Crippen LogP contribution >= 0.6 is 0 Å². The summed E-state index contributed by atoms with van der Waals surface area (Å²) in [6.07, 6.45) is 20.0. The molecule has 0 unspecified atom stereocenters. The van der Waals surface area contributed by atoms with Gasteiger partial charge in [0.15, 0.2) is 0 Å². The molecular formula is C20H18FeN2+2. The minimum absolute atomic E-state index is 0. The first-order chi connectivity index (χ1) is 10.7. The van der Waals surface area contributed by atoms with Crippen molar-refractivity contribution < 1.29 is 17.1 Å². The van der Waals surface area contributed by atoms with Gasteiger partial charge in [0.1, 0.15) is 0 Å². The first-order valence-corrected chi connectivity index (χ1v) is 7.37. The average molecular weight is 342 g/mol. The number of aromatic nitrogens is 2. The molecule has 10 radical (unpaired) electrons. The number of rotatable bonds is 1. The largest absolute Gasteiger partial charge is 2.00 e. The second-order valence-electron chi connectivity index (χ2n) is 5.32. The zero-order chi connectivity index (χ0) is 15.4. The Bertz CT molecular complexity index is 621. The minimum atomic E-state index is 0. The first kappa shape index (κ1) is 18.4. The van der Waals surface area contributed by atoms with Crippen molar-refractivity contribution in [2.24, 2.45) is 0 Å². The Hall–Kier alpha value is -0.921. The van der Waals surface area contributed by atoms with Crippen LogP contribution in [0.1, 0.15) is 16.8 Å². The van der Waals surface area contributed by atoms with E-state index in [0.29, 0.717) is 0 Å². The smallest absolute Gasteiger partial charge is 0.253 e. The molecule has 0 bridgehead atoms. The topological polar surface area (TPSA) is 25.8 Å². The van der Waals surface area contributed by atoms with E-state index in [-0.39, 0.29) is 17.1 Å². The molecule has 2 fully saturated rings. The molecule has 0 amide bonds. The van der Waals surface area contributed by atoms with Crippen molar-refractivity contribution in [3.63, 3.8) is 0 Å². The average Bonchev–Trinajstić information content (AvgIpc) is 3.24. The molecular weight excluding hydrogens is 324 g/mol. The summed E-state index contributed by atoms with van der Waals surface area (Å²) in [5.74, 6) is 1.12. The Balaban J connectivity index is 0.000000276. The van der Waals surface area contributed by atoms with Gasteiger partial charge in [0.05, 0.1) is 16.7 Å². The minimum Gasteiger partial charge on any atom is -0.253 e. The van der Waals surface area contributed by atoms with Gasteiger partial charge in [-0.1, -0.05) is 0 Å². The number of benzene rings is 1. The van der Waals surface area contributed by atoms with Gasteiger partial charge in [-0.3, -0.25) is 4.98 Å². The summed E-state index contributed by atoms with van der Waals surface area (Å²) in [4.78, 5) is 9.13. The third-order valence-electron chi connectivity index (χ3n) is 3.67. The van der Waals surface area contributed by atoms with Crippen molar-refractivity contribution in [2.45, 2.75) is 13.8 Å². The molecule has 0 aliphatic heterocycles. The van der Waals surface area contributed by atoms with E-state index >= 15 is 0 Å². The van der Waals surface area contributed by atoms with Crippen LogP contribution in [0.2, 0.25) is 0 Å². The van der Waals surface area contributed by atoms with Crippen LogP contribution in [0.3, 0.4) is 0 Å². The second kappa shape index (κ2) is 8.80. The maximum atomic E-state index is 4.66. The number of hydrogen-bond donors (Lipinski definition) is 0. The van der Waals surface area contributed by atoms with Crippen LogP contribution in [-0.4, -0.2) is 9.97 Å². The van der Waals surface area contributed by atoms with Crippen LogP contribution in [0.5, 0.6) is 0 Å². The number of nitrogens with zero attached hydrogens (tertiary/aromatic N) is 2. The van der Waals surface area contributed by atoms with Gasteiger partial charge in [0.2, 0.25) is 0 Å². The Morgan fingerprint density at radius 3 is 1.78 bits per heavy atom. The van der Waals surface area contributed by atoms with E-state index in [1.165, 1.54) is 11.1 Å². The van der Waals surface area contributed by atoms with Gasteiger partial charge in [-0.05, 0) is 94.9 Å². The predicted molar refractivity (Wildman–Crippen MR) is 90.1 cm³/mol. The molecule has 1 heterocycles. The molecule has 23 heavy (non-hydrogen) atoms. The van der Waals surface area contributed by atoms with Gasteiger partial charge in [-0.2, -0.15) is 0 Å². The normalized spacial score (nSPS) is 17.7. The van der Waals surface area contributed by atoms with E-state index < -0.39 is 0 Å². The molecule has 0 N–H and O–H groups in total. The van der Waals surface area contributed by atoms with Gasteiger partial charge in [0, 0.05) is 12.1 Å². The molecule has 0 saturated heterocycles. The fourth-order valence-corrected chi connectivity index (χ4v) is 2.27. The van der Waals surface area contributed by atoms with E-state index in [4.69, 9.17) is 0 Å². The Labute approximate surface area is 151 Å². The molecule has 2 aliphatic carbocycles. The molecule has 4 rings (SSSR count). The molecule has 114 valence electrons. The molecule has 2 nitrogen and oxygen atoms in total. The Morgan fingerprint density at radius 2 is 1.22 bits per heavy atom. The van der Waals surface area contributed by atoms with Crippen molar-refractivity contribution in [1.29, 1.82) is 0 Å². The Morgan fingerprint density at radius 1 is 0.696 bits per heavy atom. The van der Waals surface area contributed by atoms with Crippen molar-refractivity contribution >= 4 is 11.0 Å². The molecule has 0 spiro atoms. The van der Waals surface area contributed by atoms with Gasteiger partial charge >= 0.3 is 17.1 Å². The summed E-state index contributed by atoms with van der Waals surface area (Å²) in [7, 11) is 0. The van der Waals surface area contributed by atoms with Crippen molar-refractivity contribution in [3.8, 4) is 0 Å². The van der Waals surface area contributed by atoms with Crippen molar-refractivity contribution in [3.05, 3.63) is 98.9 Å². The van der Waals surface area contributed by atoms with Crippen LogP contribution in [0.25, 0.3) is 11.0 Å². The van der Waals surface area contributed by atoms with E-state index in [1.807, 2.05) is 51.1 Å². The van der Waals surface area contributed by atoms with Crippen LogP contribution in [0.15, 0.2) is 18.3 Å². The van der Waals surface area contributed by atoms with Gasteiger partial charge in [0.25, 0.3) is 0 Å². The third kappa shape index (κ3) is 4.78. The van der Waals surface area contributed by atoms with Crippen LogP contribution < -0.4 is 0 Å². The van der Waals surface area contributed by atoms with Crippen LogP contribution in [-0.2, 0) is 17.1 Å². The summed E-state index contributed by atoms with van der Waals surface area (Å²) >= 11 is 0. The maximum absolute atomic E-state index is 4.66. The van der Waals surface area contributed by atoms with Crippen molar-refractivity contribution in [2.75, 3.05) is 0 Å². The summed E-state index contributed by atoms with van der Waals surface area (Å²) in [5.41, 5.74) is 5.38. The first-order valence-electron chi connectivity index (χ1n) is 7.37. The number of hydrogen-bond acceptors (Lipinski definition) is 2. The quantitative estimate of drug-likeness (QED) is 0.732. The summed E-state index contributed by atoms with van der Waals surface area (Å²) in [6.45, 7) is 4.20. The zero-order valence-corrected chi connectivity index (χ0v) is 14.3. The Kier molecular flexibility index (Phi) is 7.05. The summed E-state index contributed by atoms with van der Waals surface area (Å²) in [5, 5.41) is 0. The molecule has 2 aliphatic rings. The van der Waals surface area contributed by atoms with Crippen molar-refractivity contribution in [1.82, 2.24) is 9.97 Å².